The molecular formula is C20H17N3O2S. The molecule has 130 valence electrons. The summed E-state index contributed by atoms with van der Waals surface area (Å²) in [6, 6.07) is 15.4. The highest BCUT2D eigenvalue weighted by Gasteiger charge is 2.14. The van der Waals surface area contributed by atoms with Gasteiger partial charge >= 0.3 is 0 Å². The van der Waals surface area contributed by atoms with Crippen molar-refractivity contribution in [3.63, 3.8) is 0 Å². The van der Waals surface area contributed by atoms with Gasteiger partial charge in [0.25, 0.3) is 5.56 Å². The van der Waals surface area contributed by atoms with E-state index >= 15 is 0 Å². The van der Waals surface area contributed by atoms with Crippen molar-refractivity contribution >= 4 is 43.9 Å². The van der Waals surface area contributed by atoms with E-state index in [0.29, 0.717) is 11.2 Å². The molecule has 4 aromatic rings. The summed E-state index contributed by atoms with van der Waals surface area (Å²) in [4.78, 5) is 31.5. The van der Waals surface area contributed by atoms with E-state index in [4.69, 9.17) is 0 Å². The number of aryl methyl sites for hydroxylation is 2. The minimum Gasteiger partial charge on any atom is -0.324 e. The number of thiophene rings is 1. The number of anilines is 1. The summed E-state index contributed by atoms with van der Waals surface area (Å²) in [6.07, 6.45) is 0. The lowest BCUT2D eigenvalue weighted by Gasteiger charge is -2.11. The van der Waals surface area contributed by atoms with Gasteiger partial charge in [0.05, 0.1) is 5.39 Å². The van der Waals surface area contributed by atoms with Crippen molar-refractivity contribution in [1.29, 1.82) is 0 Å². The molecule has 1 N–H and O–H groups in total. The average molecular weight is 363 g/mol. The van der Waals surface area contributed by atoms with E-state index < -0.39 is 0 Å². The Labute approximate surface area is 153 Å². The van der Waals surface area contributed by atoms with Gasteiger partial charge in [0.1, 0.15) is 17.2 Å². The van der Waals surface area contributed by atoms with Crippen LogP contribution in [0.15, 0.2) is 53.3 Å². The summed E-state index contributed by atoms with van der Waals surface area (Å²) in [5, 5.41) is 5.50. The Morgan fingerprint density at radius 2 is 1.88 bits per heavy atom. The smallest absolute Gasteiger partial charge is 0.262 e. The van der Waals surface area contributed by atoms with Gasteiger partial charge in [-0.2, -0.15) is 0 Å². The van der Waals surface area contributed by atoms with Crippen LogP contribution in [0.3, 0.4) is 0 Å². The van der Waals surface area contributed by atoms with E-state index in [1.165, 1.54) is 15.9 Å². The summed E-state index contributed by atoms with van der Waals surface area (Å²) in [7, 11) is 0. The third-order valence-electron chi connectivity index (χ3n) is 4.33. The molecule has 4 rings (SSSR count). The van der Waals surface area contributed by atoms with Crippen LogP contribution in [0.5, 0.6) is 0 Å². The van der Waals surface area contributed by atoms with Gasteiger partial charge in [-0.15, -0.1) is 11.3 Å². The number of rotatable bonds is 3. The third-order valence-corrected chi connectivity index (χ3v) is 5.28. The van der Waals surface area contributed by atoms with Crippen LogP contribution in [0.4, 0.5) is 5.69 Å². The van der Waals surface area contributed by atoms with Gasteiger partial charge in [-0.25, -0.2) is 4.98 Å². The maximum Gasteiger partial charge on any atom is 0.262 e. The number of hydrogen-bond acceptors (Lipinski definition) is 4. The number of amides is 1. The first-order valence-corrected chi connectivity index (χ1v) is 9.10. The Balaban J connectivity index is 1.66. The molecule has 0 saturated carbocycles. The number of fused-ring (bicyclic) bond motifs is 2. The van der Waals surface area contributed by atoms with Crippen molar-refractivity contribution in [3.05, 3.63) is 69.6 Å². The predicted octanol–water partition coefficient (Wildman–Crippen LogP) is 3.87. The average Bonchev–Trinajstić information content (AvgIpc) is 2.99. The van der Waals surface area contributed by atoms with Crippen molar-refractivity contribution in [2.45, 2.75) is 20.4 Å². The molecule has 0 aliphatic carbocycles. The molecule has 26 heavy (non-hydrogen) atoms. The van der Waals surface area contributed by atoms with Gasteiger partial charge in [-0.05, 0) is 31.4 Å². The summed E-state index contributed by atoms with van der Waals surface area (Å²) in [6.45, 7) is 3.63. The first kappa shape index (κ1) is 16.5. The highest BCUT2D eigenvalue weighted by atomic mass is 32.1. The summed E-state index contributed by atoms with van der Waals surface area (Å²) in [5.74, 6) is 0.289. The third kappa shape index (κ3) is 2.88. The number of hydrogen-bond donors (Lipinski definition) is 1. The lowest BCUT2D eigenvalue weighted by Crippen LogP contribution is -2.29. The molecule has 2 aromatic heterocycles. The fourth-order valence-electron chi connectivity index (χ4n) is 3.09. The fraction of sp³-hybridized carbons (Fsp3) is 0.150. The van der Waals surface area contributed by atoms with Crippen LogP contribution >= 0.6 is 11.3 Å². The molecule has 5 nitrogen and oxygen atoms in total. The van der Waals surface area contributed by atoms with E-state index in [2.05, 4.69) is 10.3 Å². The van der Waals surface area contributed by atoms with Crippen molar-refractivity contribution in [3.8, 4) is 0 Å². The Hall–Kier alpha value is -2.99. The molecule has 0 fully saturated rings. The van der Waals surface area contributed by atoms with Gasteiger partial charge in [0.2, 0.25) is 5.91 Å². The molecule has 0 atom stereocenters. The Morgan fingerprint density at radius 3 is 2.73 bits per heavy atom. The number of nitrogens with zero attached hydrogens (tertiary/aromatic N) is 2. The summed E-state index contributed by atoms with van der Waals surface area (Å²) in [5.41, 5.74) is 0.559. The molecule has 0 saturated heterocycles. The highest BCUT2D eigenvalue weighted by Crippen LogP contribution is 2.23. The van der Waals surface area contributed by atoms with Gasteiger partial charge < -0.3 is 5.32 Å². The van der Waals surface area contributed by atoms with Crippen LogP contribution in [0.1, 0.15) is 10.7 Å². The van der Waals surface area contributed by atoms with E-state index in [1.54, 1.807) is 6.92 Å². The second kappa shape index (κ2) is 6.38. The minimum absolute atomic E-state index is 0.0638. The van der Waals surface area contributed by atoms with Crippen molar-refractivity contribution in [2.24, 2.45) is 0 Å². The Bertz CT molecular complexity index is 1200. The lowest BCUT2D eigenvalue weighted by atomic mass is 10.1. The standard InChI is InChI=1S/C20H17N3O2S/c1-12-10-16-19(26-12)21-13(2)23(20(16)25)11-18(24)22-17-9-5-7-14-6-3-4-8-15(14)17/h3-10H,11H2,1-2H3,(H,22,24). The summed E-state index contributed by atoms with van der Waals surface area (Å²) < 4.78 is 1.43. The lowest BCUT2D eigenvalue weighted by molar-refractivity contribution is -0.116. The van der Waals surface area contributed by atoms with Crippen LogP contribution in [0.2, 0.25) is 0 Å². The van der Waals surface area contributed by atoms with E-state index in [1.807, 2.05) is 55.5 Å². The minimum atomic E-state index is -0.250. The van der Waals surface area contributed by atoms with Crippen LogP contribution in [-0.4, -0.2) is 15.5 Å². The van der Waals surface area contributed by atoms with E-state index in [0.717, 1.165) is 26.2 Å². The Morgan fingerprint density at radius 1 is 1.12 bits per heavy atom. The van der Waals surface area contributed by atoms with Crippen LogP contribution in [0, 0.1) is 13.8 Å². The van der Waals surface area contributed by atoms with Gasteiger partial charge in [0, 0.05) is 16.0 Å². The summed E-state index contributed by atoms with van der Waals surface area (Å²) >= 11 is 1.49. The molecular weight excluding hydrogens is 346 g/mol. The molecule has 2 heterocycles. The molecule has 0 radical (unpaired) electrons. The normalized spacial score (nSPS) is 11.2. The number of aromatic nitrogens is 2. The largest absolute Gasteiger partial charge is 0.324 e. The monoisotopic (exact) mass is 363 g/mol. The van der Waals surface area contributed by atoms with Gasteiger partial charge in [0.15, 0.2) is 0 Å². The molecule has 0 spiro atoms. The second-order valence-corrected chi connectivity index (χ2v) is 7.44. The number of carbonyl (C=O) groups excluding carboxylic acids is 1. The first-order valence-electron chi connectivity index (χ1n) is 8.28. The SMILES string of the molecule is Cc1cc2c(=O)n(CC(=O)Nc3cccc4ccccc34)c(C)nc2s1. The van der Waals surface area contributed by atoms with Crippen molar-refractivity contribution < 1.29 is 4.79 Å². The number of nitrogens with one attached hydrogen (secondary N) is 1. The molecule has 0 unspecified atom stereocenters. The van der Waals surface area contributed by atoms with E-state index in [-0.39, 0.29) is 18.0 Å². The maximum atomic E-state index is 12.7. The van der Waals surface area contributed by atoms with E-state index in [9.17, 15) is 9.59 Å². The maximum absolute atomic E-state index is 12.7. The predicted molar refractivity (Wildman–Crippen MR) is 106 cm³/mol. The van der Waals surface area contributed by atoms with Crippen LogP contribution < -0.4 is 10.9 Å². The molecule has 0 aliphatic rings. The molecule has 2 aromatic carbocycles. The first-order chi connectivity index (χ1) is 12.5. The molecule has 6 heteroatoms. The van der Waals surface area contributed by atoms with Gasteiger partial charge in [-0.3, -0.25) is 14.2 Å². The zero-order chi connectivity index (χ0) is 18.3. The second-order valence-electron chi connectivity index (χ2n) is 6.20. The highest BCUT2D eigenvalue weighted by molar-refractivity contribution is 7.18. The number of benzene rings is 2. The van der Waals surface area contributed by atoms with Crippen LogP contribution in [-0.2, 0) is 11.3 Å². The molecule has 0 aliphatic heterocycles. The molecule has 0 bridgehead atoms. The fourth-order valence-corrected chi connectivity index (χ4v) is 4.01. The van der Waals surface area contributed by atoms with Crippen molar-refractivity contribution in [2.75, 3.05) is 5.32 Å². The van der Waals surface area contributed by atoms with Crippen molar-refractivity contribution in [1.82, 2.24) is 9.55 Å². The molecule has 1 amide bonds. The number of carbonyl (C=O) groups is 1. The zero-order valence-electron chi connectivity index (χ0n) is 14.4. The zero-order valence-corrected chi connectivity index (χ0v) is 15.3. The van der Waals surface area contributed by atoms with Gasteiger partial charge in [-0.1, -0.05) is 36.4 Å². The Kier molecular flexibility index (Phi) is 4.05. The topological polar surface area (TPSA) is 64.0 Å². The van der Waals surface area contributed by atoms with Crippen LogP contribution in [0.25, 0.3) is 21.0 Å². The quantitative estimate of drug-likeness (QED) is 0.601.